The van der Waals surface area contributed by atoms with Gasteiger partial charge in [0.05, 0.1) is 12.2 Å². The number of anilines is 1. The number of carbonyl (C=O) groups is 1. The summed E-state index contributed by atoms with van der Waals surface area (Å²) in [5.74, 6) is 1.36. The third-order valence-electron chi connectivity index (χ3n) is 5.72. The van der Waals surface area contributed by atoms with Gasteiger partial charge in [0, 0.05) is 26.5 Å². The molecule has 0 fully saturated rings. The van der Waals surface area contributed by atoms with Gasteiger partial charge >= 0.3 is 5.97 Å². The van der Waals surface area contributed by atoms with E-state index in [4.69, 9.17) is 31.2 Å². The first-order valence-electron chi connectivity index (χ1n) is 11.9. The van der Waals surface area contributed by atoms with Gasteiger partial charge in [-0.05, 0) is 43.2 Å². The molecule has 4 rings (SSSR count). The van der Waals surface area contributed by atoms with E-state index < -0.39 is 12.0 Å². The summed E-state index contributed by atoms with van der Waals surface area (Å²) in [6.45, 7) is 8.27. The Morgan fingerprint density at radius 3 is 2.89 bits per heavy atom. The SMILES string of the molecule is C=CCOC(=O)C1=C(C)Nc2nc(SCc3ccccc3Cl)nn2C1c1cc(Br)ccc1OCCCC. The summed E-state index contributed by atoms with van der Waals surface area (Å²) < 4.78 is 14.2. The molecule has 0 amide bonds. The van der Waals surface area contributed by atoms with Gasteiger partial charge in [-0.25, -0.2) is 9.48 Å². The molecule has 1 atom stereocenters. The molecule has 1 N–H and O–H groups in total. The molecule has 0 aliphatic carbocycles. The molecule has 194 valence electrons. The van der Waals surface area contributed by atoms with Gasteiger partial charge in [-0.15, -0.1) is 5.10 Å². The van der Waals surface area contributed by atoms with E-state index in [0.717, 1.165) is 28.4 Å². The molecular weight excluding hydrogens is 576 g/mol. The smallest absolute Gasteiger partial charge is 0.338 e. The molecule has 0 spiro atoms. The fourth-order valence-corrected chi connectivity index (χ4v) is 5.40. The van der Waals surface area contributed by atoms with Crippen molar-refractivity contribution < 1.29 is 14.3 Å². The second-order valence-corrected chi connectivity index (χ2v) is 10.6. The van der Waals surface area contributed by atoms with Gasteiger partial charge < -0.3 is 14.8 Å². The van der Waals surface area contributed by atoms with E-state index in [1.54, 1.807) is 10.8 Å². The molecule has 1 unspecified atom stereocenters. The maximum Gasteiger partial charge on any atom is 0.338 e. The van der Waals surface area contributed by atoms with Crippen LogP contribution in [0.5, 0.6) is 5.75 Å². The maximum absolute atomic E-state index is 13.3. The average Bonchev–Trinajstić information content (AvgIpc) is 3.29. The number of ether oxygens (including phenoxy) is 2. The van der Waals surface area contributed by atoms with Gasteiger partial charge in [-0.3, -0.25) is 0 Å². The minimum Gasteiger partial charge on any atom is -0.493 e. The number of esters is 1. The predicted molar refractivity (Wildman–Crippen MR) is 151 cm³/mol. The quantitative estimate of drug-likeness (QED) is 0.108. The monoisotopic (exact) mass is 602 g/mol. The third-order valence-corrected chi connectivity index (χ3v) is 7.47. The fraction of sp³-hybridized carbons (Fsp3) is 0.296. The number of thioether (sulfide) groups is 1. The molecule has 3 aromatic rings. The molecule has 7 nitrogen and oxygen atoms in total. The van der Waals surface area contributed by atoms with E-state index in [2.05, 4.69) is 34.7 Å². The number of hydrogen-bond donors (Lipinski definition) is 1. The van der Waals surface area contributed by atoms with E-state index in [1.165, 1.54) is 11.8 Å². The normalized spacial score (nSPS) is 14.6. The van der Waals surface area contributed by atoms with Gasteiger partial charge in [0.2, 0.25) is 11.1 Å². The van der Waals surface area contributed by atoms with Gasteiger partial charge in [0.15, 0.2) is 0 Å². The van der Waals surface area contributed by atoms with Gasteiger partial charge in [-0.2, -0.15) is 4.98 Å². The van der Waals surface area contributed by atoms with Gasteiger partial charge in [0.25, 0.3) is 0 Å². The van der Waals surface area contributed by atoms with Crippen LogP contribution >= 0.6 is 39.3 Å². The standard InChI is InChI=1S/C27H28BrClN4O3S/c1-4-6-14-35-22-12-11-19(28)15-20(22)24-23(25(34)36-13-5-2)17(3)30-26-31-27(32-33(24)26)37-16-18-9-7-8-10-21(18)29/h5,7-12,15,24H,2,4,6,13-14,16H2,1,3H3,(H,30,31,32). The highest BCUT2D eigenvalue weighted by atomic mass is 79.9. The first-order valence-corrected chi connectivity index (χ1v) is 14.1. The Labute approximate surface area is 234 Å². The Bertz CT molecular complexity index is 1330. The number of carbonyl (C=O) groups excluding carboxylic acids is 1. The number of nitrogens with one attached hydrogen (secondary N) is 1. The van der Waals surface area contributed by atoms with E-state index >= 15 is 0 Å². The molecular formula is C27H28BrClN4O3S. The first-order chi connectivity index (χ1) is 17.9. The molecule has 2 aromatic carbocycles. The van der Waals surface area contributed by atoms with Crippen LogP contribution in [0.4, 0.5) is 5.95 Å². The zero-order valence-corrected chi connectivity index (χ0v) is 23.8. The number of halogens is 2. The van der Waals surface area contributed by atoms with E-state index in [0.29, 0.717) is 45.5 Å². The number of hydrogen-bond acceptors (Lipinski definition) is 7. The van der Waals surface area contributed by atoms with Crippen molar-refractivity contribution in [2.75, 3.05) is 18.5 Å². The second kappa shape index (κ2) is 12.7. The molecule has 2 heterocycles. The largest absolute Gasteiger partial charge is 0.493 e. The number of rotatable bonds is 11. The topological polar surface area (TPSA) is 78.3 Å². The first kappa shape index (κ1) is 27.3. The third kappa shape index (κ3) is 6.40. The zero-order valence-electron chi connectivity index (χ0n) is 20.7. The lowest BCUT2D eigenvalue weighted by atomic mass is 9.95. The number of benzene rings is 2. The fourth-order valence-electron chi connectivity index (χ4n) is 3.91. The Balaban J connectivity index is 1.75. The van der Waals surface area contributed by atoms with Crippen LogP contribution in [-0.4, -0.2) is 33.9 Å². The highest BCUT2D eigenvalue weighted by Crippen LogP contribution is 2.41. The van der Waals surface area contributed by atoms with E-state index in [1.807, 2.05) is 49.4 Å². The molecule has 1 aliphatic heterocycles. The Morgan fingerprint density at radius 2 is 2.14 bits per heavy atom. The maximum atomic E-state index is 13.3. The lowest BCUT2D eigenvalue weighted by Crippen LogP contribution is -2.30. The number of unbranched alkanes of at least 4 members (excludes halogenated alkanes) is 1. The van der Waals surface area contributed by atoms with Crippen LogP contribution in [0.2, 0.25) is 5.02 Å². The van der Waals surface area contributed by atoms with Crippen molar-refractivity contribution in [3.63, 3.8) is 0 Å². The molecule has 0 radical (unpaired) electrons. The Kier molecular flexibility index (Phi) is 9.34. The summed E-state index contributed by atoms with van der Waals surface area (Å²) in [4.78, 5) is 18.0. The summed E-state index contributed by atoms with van der Waals surface area (Å²) in [7, 11) is 0. The summed E-state index contributed by atoms with van der Waals surface area (Å²) in [5, 5.41) is 9.29. The van der Waals surface area contributed by atoms with Crippen LogP contribution in [-0.2, 0) is 15.3 Å². The van der Waals surface area contributed by atoms with Crippen molar-refractivity contribution in [1.29, 1.82) is 0 Å². The summed E-state index contributed by atoms with van der Waals surface area (Å²) in [6.07, 6.45) is 3.47. The summed E-state index contributed by atoms with van der Waals surface area (Å²) >= 11 is 11.4. The molecule has 10 heteroatoms. The number of aromatic nitrogens is 3. The van der Waals surface area contributed by atoms with E-state index in [9.17, 15) is 4.79 Å². The van der Waals surface area contributed by atoms with Crippen molar-refractivity contribution in [3.8, 4) is 5.75 Å². The van der Waals surface area contributed by atoms with Crippen LogP contribution < -0.4 is 10.1 Å². The van der Waals surface area contributed by atoms with Gasteiger partial charge in [-0.1, -0.05) is 83.5 Å². The minimum atomic E-state index is -0.607. The van der Waals surface area contributed by atoms with Gasteiger partial charge in [0.1, 0.15) is 18.4 Å². The lowest BCUT2D eigenvalue weighted by Gasteiger charge is -2.29. The second-order valence-electron chi connectivity index (χ2n) is 8.38. The zero-order chi connectivity index (χ0) is 26.4. The number of allylic oxidation sites excluding steroid dienone is 1. The Hall–Kier alpha value is -2.75. The van der Waals surface area contributed by atoms with Crippen LogP contribution in [0.1, 0.15) is 43.9 Å². The molecule has 0 saturated carbocycles. The van der Waals surface area contributed by atoms with Crippen molar-refractivity contribution in [2.45, 2.75) is 43.6 Å². The average molecular weight is 604 g/mol. The van der Waals surface area contributed by atoms with Crippen LogP contribution in [0.3, 0.4) is 0 Å². The van der Waals surface area contributed by atoms with Crippen LogP contribution in [0.15, 0.2) is 76.0 Å². The Morgan fingerprint density at radius 1 is 1.32 bits per heavy atom. The van der Waals surface area contributed by atoms with Crippen LogP contribution in [0.25, 0.3) is 0 Å². The predicted octanol–water partition coefficient (Wildman–Crippen LogP) is 7.18. The molecule has 0 bridgehead atoms. The molecule has 37 heavy (non-hydrogen) atoms. The summed E-state index contributed by atoms with van der Waals surface area (Å²) in [5.41, 5.74) is 2.85. The highest BCUT2D eigenvalue weighted by molar-refractivity contribution is 9.10. The highest BCUT2D eigenvalue weighted by Gasteiger charge is 2.37. The van der Waals surface area contributed by atoms with Crippen molar-refractivity contribution >= 4 is 51.2 Å². The molecule has 1 aliphatic rings. The van der Waals surface area contributed by atoms with E-state index in [-0.39, 0.29) is 6.61 Å². The number of nitrogens with zero attached hydrogens (tertiary/aromatic N) is 3. The van der Waals surface area contributed by atoms with Crippen molar-refractivity contribution in [1.82, 2.24) is 14.8 Å². The van der Waals surface area contributed by atoms with Crippen molar-refractivity contribution in [2.24, 2.45) is 0 Å². The lowest BCUT2D eigenvalue weighted by molar-refractivity contribution is -0.138. The minimum absolute atomic E-state index is 0.101. The number of fused-ring (bicyclic) bond motifs is 1. The molecule has 1 aromatic heterocycles. The summed E-state index contributed by atoms with van der Waals surface area (Å²) in [6, 6.07) is 12.9. The van der Waals surface area contributed by atoms with Crippen molar-refractivity contribution in [3.05, 3.63) is 87.0 Å². The van der Waals surface area contributed by atoms with Crippen LogP contribution in [0, 0.1) is 0 Å². The molecule has 0 saturated heterocycles.